The van der Waals surface area contributed by atoms with Crippen LogP contribution < -0.4 is 5.32 Å². The molecule has 2 N–H and O–H groups in total. The van der Waals surface area contributed by atoms with Gasteiger partial charge in [-0.05, 0) is 68.6 Å². The molecule has 0 radical (unpaired) electrons. The van der Waals surface area contributed by atoms with Gasteiger partial charge in [-0.3, -0.25) is 9.89 Å². The molecular formula is C25H29ClN4O. The van der Waals surface area contributed by atoms with Gasteiger partial charge in [-0.2, -0.15) is 5.10 Å². The zero-order chi connectivity index (χ0) is 21.6. The molecule has 1 atom stereocenters. The van der Waals surface area contributed by atoms with Crippen LogP contribution in [0.25, 0.3) is 22.5 Å². The number of rotatable bonds is 7. The van der Waals surface area contributed by atoms with Crippen molar-refractivity contribution in [3.63, 3.8) is 0 Å². The highest BCUT2D eigenvalue weighted by atomic mass is 35.5. The molecule has 1 aromatic heterocycles. The van der Waals surface area contributed by atoms with Crippen LogP contribution in [0.2, 0.25) is 5.02 Å². The van der Waals surface area contributed by atoms with Gasteiger partial charge in [0.2, 0.25) is 0 Å². The van der Waals surface area contributed by atoms with Gasteiger partial charge in [0, 0.05) is 35.3 Å². The molecule has 1 fully saturated rings. The van der Waals surface area contributed by atoms with Gasteiger partial charge < -0.3 is 10.2 Å². The zero-order valence-corrected chi connectivity index (χ0v) is 18.7. The predicted octanol–water partition coefficient (Wildman–Crippen LogP) is 5.39. The van der Waals surface area contributed by atoms with Crippen molar-refractivity contribution in [2.45, 2.75) is 38.6 Å². The molecule has 1 amide bonds. The Hall–Kier alpha value is -2.63. The number of amides is 1. The minimum atomic E-state index is -0.0258. The number of aromatic nitrogens is 2. The molecule has 1 saturated heterocycles. The van der Waals surface area contributed by atoms with Crippen molar-refractivity contribution in [2.75, 3.05) is 19.6 Å². The number of nitrogens with zero attached hydrogens (tertiary/aromatic N) is 2. The Morgan fingerprint density at radius 2 is 1.87 bits per heavy atom. The molecule has 0 unspecified atom stereocenters. The molecule has 1 aliphatic rings. The lowest BCUT2D eigenvalue weighted by Gasteiger charge is -2.33. The van der Waals surface area contributed by atoms with Gasteiger partial charge in [0.25, 0.3) is 5.91 Å². The summed E-state index contributed by atoms with van der Waals surface area (Å²) in [4.78, 5) is 15.0. The number of piperidine rings is 1. The van der Waals surface area contributed by atoms with Crippen molar-refractivity contribution in [3.8, 4) is 22.5 Å². The van der Waals surface area contributed by atoms with E-state index in [2.05, 4.69) is 27.3 Å². The van der Waals surface area contributed by atoms with Crippen molar-refractivity contribution < 1.29 is 4.79 Å². The second-order valence-electron chi connectivity index (χ2n) is 8.24. The highest BCUT2D eigenvalue weighted by Crippen LogP contribution is 2.25. The summed E-state index contributed by atoms with van der Waals surface area (Å²) >= 11 is 5.96. The van der Waals surface area contributed by atoms with E-state index in [4.69, 9.17) is 11.6 Å². The highest BCUT2D eigenvalue weighted by molar-refractivity contribution is 6.30. The van der Waals surface area contributed by atoms with Crippen molar-refractivity contribution in [1.82, 2.24) is 20.4 Å². The summed E-state index contributed by atoms with van der Waals surface area (Å²) in [6.45, 7) is 5.24. The number of likely N-dealkylation sites (tertiary alicyclic amines) is 1. The fraction of sp³-hybridized carbons (Fsp3) is 0.360. The van der Waals surface area contributed by atoms with Crippen molar-refractivity contribution >= 4 is 17.5 Å². The number of hydrogen-bond acceptors (Lipinski definition) is 3. The van der Waals surface area contributed by atoms with E-state index in [0.717, 1.165) is 35.5 Å². The van der Waals surface area contributed by atoms with Gasteiger partial charge in [0.15, 0.2) is 0 Å². The Kier molecular flexibility index (Phi) is 7.05. The second kappa shape index (κ2) is 10.1. The summed E-state index contributed by atoms with van der Waals surface area (Å²) in [5.74, 6) is -0.0258. The maximum Gasteiger partial charge on any atom is 0.251 e. The summed E-state index contributed by atoms with van der Waals surface area (Å²) < 4.78 is 0. The zero-order valence-electron chi connectivity index (χ0n) is 17.9. The van der Waals surface area contributed by atoms with E-state index in [-0.39, 0.29) is 5.91 Å². The maximum atomic E-state index is 12.5. The van der Waals surface area contributed by atoms with E-state index < -0.39 is 0 Å². The lowest BCUT2D eigenvalue weighted by Crippen LogP contribution is -2.39. The molecule has 3 aromatic rings. The lowest BCUT2D eigenvalue weighted by atomic mass is 10.0. The average Bonchev–Trinajstić information content (AvgIpc) is 3.28. The van der Waals surface area contributed by atoms with E-state index in [1.54, 1.807) is 0 Å². The number of carbonyl (C=O) groups excluding carboxylic acids is 1. The smallest absolute Gasteiger partial charge is 0.251 e. The summed E-state index contributed by atoms with van der Waals surface area (Å²) in [7, 11) is 0. The second-order valence-corrected chi connectivity index (χ2v) is 8.68. The molecule has 0 bridgehead atoms. The highest BCUT2D eigenvalue weighted by Gasteiger charge is 2.17. The molecule has 1 aliphatic heterocycles. The molecule has 162 valence electrons. The van der Waals surface area contributed by atoms with Crippen molar-refractivity contribution in [1.29, 1.82) is 0 Å². The number of H-pyrrole nitrogens is 1. The van der Waals surface area contributed by atoms with Crippen LogP contribution in [0, 0.1) is 0 Å². The number of hydrogen-bond donors (Lipinski definition) is 2. The van der Waals surface area contributed by atoms with E-state index >= 15 is 0 Å². The Bertz CT molecular complexity index is 997. The van der Waals surface area contributed by atoms with Gasteiger partial charge in [-0.15, -0.1) is 0 Å². The first-order valence-corrected chi connectivity index (χ1v) is 11.4. The summed E-state index contributed by atoms with van der Waals surface area (Å²) in [5, 5.41) is 11.2. The van der Waals surface area contributed by atoms with E-state index in [1.165, 1.54) is 25.8 Å². The lowest BCUT2D eigenvalue weighted by molar-refractivity contribution is 0.0949. The third-order valence-electron chi connectivity index (χ3n) is 6.02. The van der Waals surface area contributed by atoms with E-state index in [1.807, 2.05) is 54.6 Å². The predicted molar refractivity (Wildman–Crippen MR) is 126 cm³/mol. The van der Waals surface area contributed by atoms with Crippen LogP contribution in [-0.2, 0) is 0 Å². The number of aromatic amines is 1. The van der Waals surface area contributed by atoms with Gasteiger partial charge in [-0.1, -0.05) is 42.3 Å². The number of nitrogens with one attached hydrogen (secondary N) is 2. The Morgan fingerprint density at radius 1 is 1.13 bits per heavy atom. The SMILES string of the molecule is C[C@H]1CCCCN1CCCNC(=O)c1ccc(-c2cc(-c3ccc(Cl)cc3)[nH]n2)cc1. The van der Waals surface area contributed by atoms with Crippen molar-refractivity contribution in [3.05, 3.63) is 65.2 Å². The molecule has 2 heterocycles. The fourth-order valence-electron chi connectivity index (χ4n) is 4.12. The maximum absolute atomic E-state index is 12.5. The molecule has 5 nitrogen and oxygen atoms in total. The first kappa shape index (κ1) is 21.6. The van der Waals surface area contributed by atoms with Crippen LogP contribution in [0.4, 0.5) is 0 Å². The normalized spacial score (nSPS) is 16.9. The van der Waals surface area contributed by atoms with Crippen molar-refractivity contribution in [2.24, 2.45) is 0 Å². The quantitative estimate of drug-likeness (QED) is 0.488. The van der Waals surface area contributed by atoms with Crippen LogP contribution in [0.1, 0.15) is 43.0 Å². The number of carbonyl (C=O) groups is 1. The standard InChI is InChI=1S/C25H29ClN4O/c1-18-5-2-3-15-30(18)16-4-14-27-25(31)21-8-6-19(7-9-21)23-17-24(29-28-23)20-10-12-22(26)13-11-20/h6-13,17-18H,2-5,14-16H2,1H3,(H,27,31)(H,28,29)/t18-/m0/s1. The molecule has 4 rings (SSSR count). The van der Waals surface area contributed by atoms with Gasteiger partial charge >= 0.3 is 0 Å². The third kappa shape index (κ3) is 5.54. The van der Waals surface area contributed by atoms with Crippen LogP contribution in [-0.4, -0.2) is 46.7 Å². The Labute approximate surface area is 188 Å². The minimum Gasteiger partial charge on any atom is -0.352 e. The monoisotopic (exact) mass is 436 g/mol. The fourth-order valence-corrected chi connectivity index (χ4v) is 4.24. The van der Waals surface area contributed by atoms with Crippen LogP contribution in [0.5, 0.6) is 0 Å². The minimum absolute atomic E-state index is 0.0258. The van der Waals surface area contributed by atoms with E-state index in [9.17, 15) is 4.79 Å². The molecule has 0 saturated carbocycles. The largest absolute Gasteiger partial charge is 0.352 e. The summed E-state index contributed by atoms with van der Waals surface area (Å²) in [6.07, 6.45) is 4.90. The molecular weight excluding hydrogens is 408 g/mol. The summed E-state index contributed by atoms with van der Waals surface area (Å²) in [6, 6.07) is 17.9. The van der Waals surface area contributed by atoms with Crippen LogP contribution in [0.15, 0.2) is 54.6 Å². The average molecular weight is 437 g/mol. The molecule has 0 spiro atoms. The van der Waals surface area contributed by atoms with Crippen LogP contribution in [0.3, 0.4) is 0 Å². The van der Waals surface area contributed by atoms with E-state index in [0.29, 0.717) is 23.2 Å². The summed E-state index contributed by atoms with van der Waals surface area (Å²) in [5.41, 5.74) is 4.43. The molecule has 31 heavy (non-hydrogen) atoms. The first-order chi connectivity index (χ1) is 15.1. The topological polar surface area (TPSA) is 61.0 Å². The molecule has 2 aromatic carbocycles. The van der Waals surface area contributed by atoms with Crippen LogP contribution >= 0.6 is 11.6 Å². The third-order valence-corrected chi connectivity index (χ3v) is 6.28. The molecule has 6 heteroatoms. The van der Waals surface area contributed by atoms with Gasteiger partial charge in [-0.25, -0.2) is 0 Å². The Morgan fingerprint density at radius 3 is 2.61 bits per heavy atom. The first-order valence-electron chi connectivity index (χ1n) is 11.0. The number of halogens is 1. The van der Waals surface area contributed by atoms with Gasteiger partial charge in [0.1, 0.15) is 0 Å². The number of benzene rings is 2. The molecule has 0 aliphatic carbocycles. The van der Waals surface area contributed by atoms with Gasteiger partial charge in [0.05, 0.1) is 11.4 Å². The Balaban J connectivity index is 1.29.